The van der Waals surface area contributed by atoms with Gasteiger partial charge in [-0.1, -0.05) is 0 Å². The molecule has 1 aliphatic heterocycles. The van der Waals surface area contributed by atoms with Gasteiger partial charge in [-0.05, 0) is 6.07 Å². The SMILES string of the molecule is COC(=O)c1cc(N2CCN(C(C)=O)CC2)c(F)cc1[N+](=O)[O-]. The molecule has 1 fully saturated rings. The first-order valence-electron chi connectivity index (χ1n) is 6.92. The smallest absolute Gasteiger partial charge is 0.344 e. The lowest BCUT2D eigenvalue weighted by molar-refractivity contribution is -0.385. The molecule has 1 saturated heterocycles. The molecule has 0 N–H and O–H groups in total. The maximum Gasteiger partial charge on any atom is 0.344 e. The summed E-state index contributed by atoms with van der Waals surface area (Å²) in [5, 5.41) is 11.0. The molecular weight excluding hydrogens is 309 g/mol. The van der Waals surface area contributed by atoms with Crippen molar-refractivity contribution in [3.63, 3.8) is 0 Å². The first kappa shape index (κ1) is 16.7. The van der Waals surface area contributed by atoms with Gasteiger partial charge in [0, 0.05) is 33.1 Å². The van der Waals surface area contributed by atoms with Gasteiger partial charge in [-0.3, -0.25) is 14.9 Å². The van der Waals surface area contributed by atoms with Crippen molar-refractivity contribution in [1.82, 2.24) is 4.90 Å². The van der Waals surface area contributed by atoms with Crippen molar-refractivity contribution in [3.8, 4) is 0 Å². The number of benzene rings is 1. The summed E-state index contributed by atoms with van der Waals surface area (Å²) in [7, 11) is 1.10. The van der Waals surface area contributed by atoms with E-state index in [0.717, 1.165) is 19.2 Å². The Morgan fingerprint density at radius 1 is 1.26 bits per heavy atom. The molecule has 1 aromatic carbocycles. The number of rotatable bonds is 3. The number of hydrogen-bond donors (Lipinski definition) is 0. The van der Waals surface area contributed by atoms with Gasteiger partial charge in [0.2, 0.25) is 5.91 Å². The van der Waals surface area contributed by atoms with E-state index in [1.807, 2.05) is 0 Å². The maximum atomic E-state index is 14.2. The minimum absolute atomic E-state index is 0.0657. The third-order valence-electron chi connectivity index (χ3n) is 3.73. The molecule has 0 bridgehead atoms. The number of hydrogen-bond acceptors (Lipinski definition) is 6. The van der Waals surface area contributed by atoms with Gasteiger partial charge in [0.15, 0.2) is 5.82 Å². The maximum absolute atomic E-state index is 14.2. The van der Waals surface area contributed by atoms with Crippen LogP contribution in [0, 0.1) is 15.9 Å². The van der Waals surface area contributed by atoms with Crippen LogP contribution in [0.25, 0.3) is 0 Å². The number of piperazine rings is 1. The highest BCUT2D eigenvalue weighted by Crippen LogP contribution is 2.29. The van der Waals surface area contributed by atoms with Crippen molar-refractivity contribution in [1.29, 1.82) is 0 Å². The number of carbonyl (C=O) groups excluding carboxylic acids is 2. The first-order chi connectivity index (χ1) is 10.8. The lowest BCUT2D eigenvalue weighted by Crippen LogP contribution is -2.48. The van der Waals surface area contributed by atoms with Crippen LogP contribution in [0.5, 0.6) is 0 Å². The summed E-state index contributed by atoms with van der Waals surface area (Å²) in [4.78, 5) is 36.4. The van der Waals surface area contributed by atoms with E-state index >= 15 is 0 Å². The predicted molar refractivity (Wildman–Crippen MR) is 78.9 cm³/mol. The highest BCUT2D eigenvalue weighted by molar-refractivity contribution is 5.95. The molecule has 0 spiro atoms. The number of ether oxygens (including phenoxy) is 1. The molecule has 0 radical (unpaired) electrons. The summed E-state index contributed by atoms with van der Waals surface area (Å²) < 4.78 is 18.7. The number of nitro benzene ring substituents is 1. The van der Waals surface area contributed by atoms with Gasteiger partial charge in [0.25, 0.3) is 5.69 Å². The van der Waals surface area contributed by atoms with E-state index in [9.17, 15) is 24.1 Å². The summed E-state index contributed by atoms with van der Waals surface area (Å²) in [6.45, 7) is 3.03. The molecule has 0 atom stereocenters. The average molecular weight is 325 g/mol. The van der Waals surface area contributed by atoms with Gasteiger partial charge in [0.05, 0.1) is 23.8 Å². The molecule has 23 heavy (non-hydrogen) atoms. The van der Waals surface area contributed by atoms with Crippen molar-refractivity contribution >= 4 is 23.3 Å². The fraction of sp³-hybridized carbons (Fsp3) is 0.429. The molecule has 0 unspecified atom stereocenters. The average Bonchev–Trinajstić information content (AvgIpc) is 2.53. The van der Waals surface area contributed by atoms with Gasteiger partial charge < -0.3 is 14.5 Å². The Hall–Kier alpha value is -2.71. The quantitative estimate of drug-likeness (QED) is 0.471. The number of methoxy groups -OCH3 is 1. The normalized spacial score (nSPS) is 14.6. The van der Waals surface area contributed by atoms with Crippen LogP contribution in [0.2, 0.25) is 0 Å². The second kappa shape index (κ2) is 6.59. The third-order valence-corrected chi connectivity index (χ3v) is 3.73. The molecule has 1 amide bonds. The largest absolute Gasteiger partial charge is 0.465 e. The summed E-state index contributed by atoms with van der Waals surface area (Å²) in [6.07, 6.45) is 0. The van der Waals surface area contributed by atoms with Crippen LogP contribution in [0.4, 0.5) is 15.8 Å². The van der Waals surface area contributed by atoms with Gasteiger partial charge in [-0.25, -0.2) is 9.18 Å². The highest BCUT2D eigenvalue weighted by atomic mass is 19.1. The number of nitro groups is 1. The molecular formula is C14H16FN3O5. The zero-order chi connectivity index (χ0) is 17.1. The topological polar surface area (TPSA) is 93.0 Å². The molecule has 0 aliphatic carbocycles. The van der Waals surface area contributed by atoms with Gasteiger partial charge in [0.1, 0.15) is 5.56 Å². The Morgan fingerprint density at radius 2 is 1.87 bits per heavy atom. The number of carbonyl (C=O) groups is 2. The lowest BCUT2D eigenvalue weighted by Gasteiger charge is -2.35. The second-order valence-electron chi connectivity index (χ2n) is 5.06. The molecule has 2 rings (SSSR count). The van der Waals surface area contributed by atoms with E-state index in [1.54, 1.807) is 9.80 Å². The van der Waals surface area contributed by atoms with E-state index in [4.69, 9.17) is 0 Å². The van der Waals surface area contributed by atoms with Crippen molar-refractivity contribution < 1.29 is 23.6 Å². The minimum Gasteiger partial charge on any atom is -0.465 e. The van der Waals surface area contributed by atoms with Crippen LogP contribution in [0.15, 0.2) is 12.1 Å². The Labute approximate surface area is 131 Å². The van der Waals surface area contributed by atoms with E-state index < -0.39 is 22.4 Å². The molecule has 0 saturated carbocycles. The minimum atomic E-state index is -0.902. The van der Waals surface area contributed by atoms with Crippen LogP contribution in [-0.4, -0.2) is 55.0 Å². The third kappa shape index (κ3) is 3.38. The predicted octanol–water partition coefficient (Wildman–Crippen LogP) is 1.19. The number of esters is 1. The Kier molecular flexibility index (Phi) is 4.77. The standard InChI is InChI=1S/C14H16FN3O5/c1-9(19)16-3-5-17(6-4-16)13-7-10(14(20)23-2)12(18(21)22)8-11(13)15/h7-8H,3-6H2,1-2H3. The summed E-state index contributed by atoms with van der Waals surface area (Å²) in [5.41, 5.74) is -0.859. The van der Waals surface area contributed by atoms with Crippen LogP contribution in [0.3, 0.4) is 0 Å². The van der Waals surface area contributed by atoms with Crippen LogP contribution < -0.4 is 4.90 Å². The fourth-order valence-electron chi connectivity index (χ4n) is 2.48. The number of halogens is 1. The van der Waals surface area contributed by atoms with E-state index in [0.29, 0.717) is 26.2 Å². The zero-order valence-electron chi connectivity index (χ0n) is 12.7. The number of nitrogens with zero attached hydrogens (tertiary/aromatic N) is 3. The van der Waals surface area contributed by atoms with Crippen molar-refractivity contribution in [3.05, 3.63) is 33.6 Å². The van der Waals surface area contributed by atoms with Gasteiger partial charge >= 0.3 is 5.97 Å². The van der Waals surface area contributed by atoms with E-state index in [-0.39, 0.29) is 17.2 Å². The summed E-state index contributed by atoms with van der Waals surface area (Å²) in [5.74, 6) is -1.76. The Balaban J connectivity index is 2.35. The molecule has 1 heterocycles. The molecule has 9 heteroatoms. The molecule has 0 aromatic heterocycles. The van der Waals surface area contributed by atoms with Crippen molar-refractivity contribution in [2.24, 2.45) is 0 Å². The first-order valence-corrected chi connectivity index (χ1v) is 6.92. The van der Waals surface area contributed by atoms with Crippen LogP contribution >= 0.6 is 0 Å². The monoisotopic (exact) mass is 325 g/mol. The second-order valence-corrected chi connectivity index (χ2v) is 5.06. The Bertz CT molecular complexity index is 656. The van der Waals surface area contributed by atoms with Crippen LogP contribution in [0.1, 0.15) is 17.3 Å². The number of amides is 1. The van der Waals surface area contributed by atoms with Crippen LogP contribution in [-0.2, 0) is 9.53 Å². The summed E-state index contributed by atoms with van der Waals surface area (Å²) in [6, 6.07) is 1.85. The van der Waals surface area contributed by atoms with Crippen molar-refractivity contribution in [2.45, 2.75) is 6.92 Å². The number of anilines is 1. The molecule has 1 aliphatic rings. The fourth-order valence-corrected chi connectivity index (χ4v) is 2.48. The van der Waals surface area contributed by atoms with E-state index in [2.05, 4.69) is 4.74 Å². The van der Waals surface area contributed by atoms with Gasteiger partial charge in [-0.2, -0.15) is 0 Å². The summed E-state index contributed by atoms with van der Waals surface area (Å²) >= 11 is 0. The zero-order valence-corrected chi connectivity index (χ0v) is 12.7. The van der Waals surface area contributed by atoms with E-state index in [1.165, 1.54) is 6.92 Å². The highest BCUT2D eigenvalue weighted by Gasteiger charge is 2.28. The van der Waals surface area contributed by atoms with Gasteiger partial charge in [-0.15, -0.1) is 0 Å². The van der Waals surface area contributed by atoms with Crippen molar-refractivity contribution in [2.75, 3.05) is 38.2 Å². The molecule has 124 valence electrons. The molecule has 8 nitrogen and oxygen atoms in total. The molecule has 1 aromatic rings. The lowest BCUT2D eigenvalue weighted by atomic mass is 10.1. The Morgan fingerprint density at radius 3 is 2.35 bits per heavy atom.